The van der Waals surface area contributed by atoms with E-state index in [2.05, 4.69) is 15.0 Å². The lowest BCUT2D eigenvalue weighted by Gasteiger charge is -2.26. The Labute approximate surface area is 171 Å². The van der Waals surface area contributed by atoms with Crippen LogP contribution in [-0.4, -0.2) is 32.0 Å². The van der Waals surface area contributed by atoms with Crippen molar-refractivity contribution >= 4 is 21.7 Å². The molecule has 1 saturated carbocycles. The summed E-state index contributed by atoms with van der Waals surface area (Å²) in [6.07, 6.45) is 7.91. The molecule has 29 heavy (non-hydrogen) atoms. The van der Waals surface area contributed by atoms with Gasteiger partial charge in [0.05, 0.1) is 17.1 Å². The standard InChI is InChI=1S/C21H26N4O3S/c26-21(24-17-6-2-1-3-7-17)25-13-11-16-14-19(9-10-20(16)25)29(27,28)23-15-18-8-4-5-12-22-18/h4-5,8-10,12,14,17,23H,1-3,6-7,11,13,15H2,(H,24,26). The zero-order valence-electron chi connectivity index (χ0n) is 16.3. The summed E-state index contributed by atoms with van der Waals surface area (Å²) < 4.78 is 27.9. The molecule has 1 aliphatic carbocycles. The summed E-state index contributed by atoms with van der Waals surface area (Å²) in [4.78, 5) is 18.8. The minimum absolute atomic E-state index is 0.0838. The summed E-state index contributed by atoms with van der Waals surface area (Å²) in [7, 11) is -3.65. The van der Waals surface area contributed by atoms with Crippen molar-refractivity contribution in [3.8, 4) is 0 Å². The number of sulfonamides is 1. The van der Waals surface area contributed by atoms with Crippen molar-refractivity contribution in [1.29, 1.82) is 0 Å². The van der Waals surface area contributed by atoms with Crippen LogP contribution in [0.5, 0.6) is 0 Å². The fraction of sp³-hybridized carbons (Fsp3) is 0.429. The van der Waals surface area contributed by atoms with Crippen molar-refractivity contribution in [3.63, 3.8) is 0 Å². The van der Waals surface area contributed by atoms with Crippen LogP contribution < -0.4 is 14.9 Å². The summed E-state index contributed by atoms with van der Waals surface area (Å²) in [5, 5.41) is 3.13. The highest BCUT2D eigenvalue weighted by molar-refractivity contribution is 7.89. The number of rotatable bonds is 5. The maximum Gasteiger partial charge on any atom is 0.322 e. The van der Waals surface area contributed by atoms with Crippen molar-refractivity contribution in [2.45, 2.75) is 56.0 Å². The number of pyridine rings is 1. The second-order valence-corrected chi connectivity index (χ2v) is 9.39. The Morgan fingerprint density at radius 3 is 2.72 bits per heavy atom. The van der Waals surface area contributed by atoms with Crippen LogP contribution in [0.3, 0.4) is 0 Å². The molecule has 154 valence electrons. The van der Waals surface area contributed by atoms with Crippen LogP contribution in [0.2, 0.25) is 0 Å². The maximum atomic E-state index is 12.7. The number of aromatic nitrogens is 1. The van der Waals surface area contributed by atoms with Gasteiger partial charge in [-0.2, -0.15) is 0 Å². The molecule has 0 atom stereocenters. The average molecular weight is 415 g/mol. The Bertz CT molecular complexity index is 973. The van der Waals surface area contributed by atoms with Gasteiger partial charge < -0.3 is 5.32 Å². The van der Waals surface area contributed by atoms with E-state index in [1.165, 1.54) is 6.42 Å². The molecule has 1 aliphatic heterocycles. The van der Waals surface area contributed by atoms with Gasteiger partial charge in [0.1, 0.15) is 0 Å². The predicted octanol–water partition coefficient (Wildman–Crippen LogP) is 2.96. The van der Waals surface area contributed by atoms with E-state index in [1.807, 2.05) is 6.07 Å². The fourth-order valence-electron chi connectivity index (χ4n) is 4.01. The summed E-state index contributed by atoms with van der Waals surface area (Å²) in [5.41, 5.74) is 2.33. The van der Waals surface area contributed by atoms with Crippen LogP contribution in [-0.2, 0) is 23.0 Å². The molecule has 2 amide bonds. The number of carbonyl (C=O) groups is 1. The minimum Gasteiger partial charge on any atom is -0.335 e. The number of anilines is 1. The van der Waals surface area contributed by atoms with Gasteiger partial charge in [0.2, 0.25) is 10.0 Å². The summed E-state index contributed by atoms with van der Waals surface area (Å²) in [6.45, 7) is 0.703. The van der Waals surface area contributed by atoms with Gasteiger partial charge >= 0.3 is 6.03 Å². The third-order valence-electron chi connectivity index (χ3n) is 5.60. The molecule has 8 heteroatoms. The molecule has 0 spiro atoms. The molecule has 0 unspecified atom stereocenters. The van der Waals surface area contributed by atoms with Crippen LogP contribution in [0.4, 0.5) is 10.5 Å². The molecule has 2 aromatic rings. The van der Waals surface area contributed by atoms with Gasteiger partial charge in [0.25, 0.3) is 0 Å². The number of hydrogen-bond acceptors (Lipinski definition) is 4. The van der Waals surface area contributed by atoms with Gasteiger partial charge in [0, 0.05) is 24.5 Å². The van der Waals surface area contributed by atoms with Gasteiger partial charge in [-0.05, 0) is 55.2 Å². The third-order valence-corrected chi connectivity index (χ3v) is 7.00. The van der Waals surface area contributed by atoms with E-state index in [-0.39, 0.29) is 23.5 Å². The largest absolute Gasteiger partial charge is 0.335 e. The second kappa shape index (κ2) is 8.51. The lowest BCUT2D eigenvalue weighted by atomic mass is 9.96. The van der Waals surface area contributed by atoms with Crippen LogP contribution >= 0.6 is 0 Å². The fourth-order valence-corrected chi connectivity index (χ4v) is 5.06. The lowest BCUT2D eigenvalue weighted by molar-refractivity contribution is 0.238. The second-order valence-electron chi connectivity index (χ2n) is 7.62. The Morgan fingerprint density at radius 1 is 1.14 bits per heavy atom. The number of benzene rings is 1. The number of urea groups is 1. The zero-order valence-corrected chi connectivity index (χ0v) is 17.1. The van der Waals surface area contributed by atoms with E-state index < -0.39 is 10.0 Å². The molecule has 2 N–H and O–H groups in total. The van der Waals surface area contributed by atoms with Crippen LogP contribution in [0.1, 0.15) is 43.4 Å². The van der Waals surface area contributed by atoms with Crippen LogP contribution in [0.15, 0.2) is 47.5 Å². The van der Waals surface area contributed by atoms with Crippen molar-refractivity contribution in [1.82, 2.24) is 15.0 Å². The Kier molecular flexibility index (Phi) is 5.82. The SMILES string of the molecule is O=C(NC1CCCCC1)N1CCc2cc(S(=O)(=O)NCc3ccccn3)ccc21. The molecule has 2 heterocycles. The van der Waals surface area contributed by atoms with Crippen LogP contribution in [0.25, 0.3) is 0 Å². The molecule has 7 nitrogen and oxygen atoms in total. The molecule has 0 saturated heterocycles. The minimum atomic E-state index is -3.65. The summed E-state index contributed by atoms with van der Waals surface area (Å²) in [5.74, 6) is 0. The monoisotopic (exact) mass is 414 g/mol. The molecule has 4 rings (SSSR count). The average Bonchev–Trinajstić information content (AvgIpc) is 3.17. The first kappa shape index (κ1) is 19.8. The topological polar surface area (TPSA) is 91.4 Å². The van der Waals surface area contributed by atoms with E-state index in [4.69, 9.17) is 0 Å². The van der Waals surface area contributed by atoms with Crippen LogP contribution in [0, 0.1) is 0 Å². The van der Waals surface area contributed by atoms with Gasteiger partial charge in [0.15, 0.2) is 0 Å². The van der Waals surface area contributed by atoms with Crippen molar-refractivity contribution in [2.75, 3.05) is 11.4 Å². The highest BCUT2D eigenvalue weighted by atomic mass is 32.2. The van der Waals surface area contributed by atoms with E-state index >= 15 is 0 Å². The number of hydrogen-bond donors (Lipinski definition) is 2. The van der Waals surface area contributed by atoms with Gasteiger partial charge in [-0.25, -0.2) is 17.9 Å². The molecule has 0 bridgehead atoms. The third kappa shape index (κ3) is 4.59. The Hall–Kier alpha value is -2.45. The normalized spacial score (nSPS) is 17.2. The number of fused-ring (bicyclic) bond motifs is 1. The van der Waals surface area contributed by atoms with Gasteiger partial charge in [-0.3, -0.25) is 9.88 Å². The highest BCUT2D eigenvalue weighted by Gasteiger charge is 2.28. The Balaban J connectivity index is 1.44. The number of carbonyl (C=O) groups excluding carboxylic acids is 1. The first-order chi connectivity index (χ1) is 14.0. The molecular formula is C21H26N4O3S. The highest BCUT2D eigenvalue weighted by Crippen LogP contribution is 2.30. The van der Waals surface area contributed by atoms with Gasteiger partial charge in [-0.1, -0.05) is 25.3 Å². The predicted molar refractivity (Wildman–Crippen MR) is 111 cm³/mol. The van der Waals surface area contributed by atoms with Gasteiger partial charge in [-0.15, -0.1) is 0 Å². The van der Waals surface area contributed by atoms with E-state index in [0.717, 1.165) is 36.9 Å². The number of nitrogens with zero attached hydrogens (tertiary/aromatic N) is 2. The summed E-state index contributed by atoms with van der Waals surface area (Å²) in [6, 6.07) is 10.5. The zero-order chi connectivity index (χ0) is 20.3. The van der Waals surface area contributed by atoms with E-state index in [9.17, 15) is 13.2 Å². The molecule has 1 aromatic carbocycles. The number of nitrogens with one attached hydrogen (secondary N) is 2. The first-order valence-corrected chi connectivity index (χ1v) is 11.6. The lowest BCUT2D eigenvalue weighted by Crippen LogP contribution is -2.45. The maximum absolute atomic E-state index is 12.7. The van der Waals surface area contributed by atoms with Crippen molar-refractivity contribution < 1.29 is 13.2 Å². The number of amides is 2. The quantitative estimate of drug-likeness (QED) is 0.787. The molecule has 2 aliphatic rings. The van der Waals surface area contributed by atoms with E-state index in [0.29, 0.717) is 18.7 Å². The first-order valence-electron chi connectivity index (χ1n) is 10.1. The molecule has 1 aromatic heterocycles. The van der Waals surface area contributed by atoms with E-state index in [1.54, 1.807) is 41.4 Å². The molecule has 0 radical (unpaired) electrons. The molecular weight excluding hydrogens is 388 g/mol. The summed E-state index contributed by atoms with van der Waals surface area (Å²) >= 11 is 0. The molecule has 1 fully saturated rings. The van der Waals surface area contributed by atoms with Crippen molar-refractivity contribution in [3.05, 3.63) is 53.9 Å². The van der Waals surface area contributed by atoms with Crippen molar-refractivity contribution in [2.24, 2.45) is 0 Å². The Morgan fingerprint density at radius 2 is 1.97 bits per heavy atom. The smallest absolute Gasteiger partial charge is 0.322 e.